The highest BCUT2D eigenvalue weighted by molar-refractivity contribution is 6.45. The topological polar surface area (TPSA) is 32.7 Å². The summed E-state index contributed by atoms with van der Waals surface area (Å²) in [4.78, 5) is 8.78. The van der Waals surface area contributed by atoms with Crippen molar-refractivity contribution in [3.8, 4) is 0 Å². The predicted molar refractivity (Wildman–Crippen MR) is 40.7 cm³/mol. The fraction of sp³-hybridized carbons (Fsp3) is 0.667. The number of alkyl halides is 3. The van der Waals surface area contributed by atoms with E-state index in [1.54, 1.807) is 0 Å². The number of hydrazone groups is 1. The molecule has 0 aliphatic carbocycles. The van der Waals surface area contributed by atoms with Crippen LogP contribution in [0.15, 0.2) is 5.10 Å². The zero-order chi connectivity index (χ0) is 9.35. The van der Waals surface area contributed by atoms with Crippen molar-refractivity contribution >= 4 is 23.6 Å². The summed E-state index contributed by atoms with van der Waals surface area (Å²) in [6.45, 7) is -0.00225. The standard InChI is InChI=1S/C6H7ClF2N2O/c1-11-2-6(7,3-12)4(10-11)5(8)9/h3,5H,2H2,1H3. The second kappa shape index (κ2) is 2.97. The van der Waals surface area contributed by atoms with Crippen molar-refractivity contribution < 1.29 is 13.6 Å². The second-order valence-electron chi connectivity index (χ2n) is 2.58. The molecule has 1 atom stereocenters. The van der Waals surface area contributed by atoms with Gasteiger partial charge in [0.05, 0.1) is 6.54 Å². The molecule has 3 nitrogen and oxygen atoms in total. The van der Waals surface area contributed by atoms with Gasteiger partial charge >= 0.3 is 0 Å². The van der Waals surface area contributed by atoms with Crippen LogP contribution in [0.2, 0.25) is 0 Å². The SMILES string of the molecule is CN1CC(Cl)(C=O)C(C(F)F)=N1. The van der Waals surface area contributed by atoms with E-state index in [9.17, 15) is 13.6 Å². The monoisotopic (exact) mass is 196 g/mol. The first kappa shape index (κ1) is 9.38. The van der Waals surface area contributed by atoms with Crippen LogP contribution in [-0.2, 0) is 4.79 Å². The maximum Gasteiger partial charge on any atom is 0.280 e. The van der Waals surface area contributed by atoms with Crippen LogP contribution in [0.3, 0.4) is 0 Å². The molecule has 1 unspecified atom stereocenters. The third-order valence-electron chi connectivity index (χ3n) is 1.56. The highest BCUT2D eigenvalue weighted by atomic mass is 35.5. The Morgan fingerprint density at radius 2 is 2.42 bits per heavy atom. The van der Waals surface area contributed by atoms with Gasteiger partial charge < -0.3 is 4.79 Å². The Balaban J connectivity index is 2.94. The van der Waals surface area contributed by atoms with E-state index in [1.165, 1.54) is 12.1 Å². The molecule has 0 radical (unpaired) electrons. The van der Waals surface area contributed by atoms with Gasteiger partial charge in [-0.15, -0.1) is 11.6 Å². The maximum atomic E-state index is 12.2. The molecule has 0 saturated heterocycles. The molecule has 0 aromatic rings. The van der Waals surface area contributed by atoms with Crippen molar-refractivity contribution in [1.29, 1.82) is 0 Å². The summed E-state index contributed by atoms with van der Waals surface area (Å²) in [6, 6.07) is 0. The molecule has 1 aliphatic heterocycles. The molecule has 1 aliphatic rings. The minimum absolute atomic E-state index is 0.00225. The maximum absolute atomic E-state index is 12.2. The average Bonchev–Trinajstić information content (AvgIpc) is 2.27. The van der Waals surface area contributed by atoms with Crippen LogP contribution in [0.5, 0.6) is 0 Å². The van der Waals surface area contributed by atoms with Crippen LogP contribution in [0.1, 0.15) is 0 Å². The number of hydrogen-bond acceptors (Lipinski definition) is 3. The average molecular weight is 197 g/mol. The molecule has 0 fully saturated rings. The minimum Gasteiger partial charge on any atom is -0.301 e. The van der Waals surface area contributed by atoms with Gasteiger partial charge in [0.2, 0.25) is 0 Å². The van der Waals surface area contributed by atoms with Crippen molar-refractivity contribution in [2.75, 3.05) is 13.6 Å². The summed E-state index contributed by atoms with van der Waals surface area (Å²) in [6.07, 6.45) is -2.49. The first-order valence-corrected chi connectivity index (χ1v) is 3.61. The lowest BCUT2D eigenvalue weighted by atomic mass is 10.1. The number of carbonyl (C=O) groups is 1. The fourth-order valence-corrected chi connectivity index (χ4v) is 1.33. The molecular weight excluding hydrogens is 190 g/mol. The minimum atomic E-state index is -2.78. The van der Waals surface area contributed by atoms with Gasteiger partial charge in [0.25, 0.3) is 6.43 Å². The van der Waals surface area contributed by atoms with Gasteiger partial charge in [-0.1, -0.05) is 0 Å². The van der Waals surface area contributed by atoms with E-state index in [2.05, 4.69) is 5.10 Å². The molecule has 68 valence electrons. The molecule has 6 heteroatoms. The number of aldehydes is 1. The molecule has 0 saturated carbocycles. The smallest absolute Gasteiger partial charge is 0.280 e. The molecule has 1 heterocycles. The van der Waals surface area contributed by atoms with Gasteiger partial charge in [-0.05, 0) is 0 Å². The summed E-state index contributed by atoms with van der Waals surface area (Å²) in [5, 5.41) is 4.67. The lowest BCUT2D eigenvalue weighted by molar-refractivity contribution is -0.108. The highest BCUT2D eigenvalue weighted by Gasteiger charge is 2.44. The van der Waals surface area contributed by atoms with Gasteiger partial charge in [-0.25, -0.2) is 8.78 Å². The lowest BCUT2D eigenvalue weighted by Gasteiger charge is -2.14. The summed E-state index contributed by atoms with van der Waals surface area (Å²) < 4.78 is 24.4. The van der Waals surface area contributed by atoms with E-state index in [4.69, 9.17) is 11.6 Å². The number of carbonyl (C=O) groups excluding carboxylic acids is 1. The number of rotatable bonds is 2. The Morgan fingerprint density at radius 1 is 1.83 bits per heavy atom. The number of halogens is 3. The molecule has 12 heavy (non-hydrogen) atoms. The fourth-order valence-electron chi connectivity index (χ4n) is 1.04. The normalized spacial score (nSPS) is 29.4. The van der Waals surface area contributed by atoms with Crippen LogP contribution >= 0.6 is 11.6 Å². The van der Waals surface area contributed by atoms with E-state index in [1.807, 2.05) is 0 Å². The molecule has 0 spiro atoms. The van der Waals surface area contributed by atoms with Gasteiger partial charge in [-0.2, -0.15) is 5.10 Å². The first-order valence-electron chi connectivity index (χ1n) is 3.23. The van der Waals surface area contributed by atoms with Crippen LogP contribution in [0.4, 0.5) is 8.78 Å². The summed E-state index contributed by atoms with van der Waals surface area (Å²) >= 11 is 5.59. The zero-order valence-corrected chi connectivity index (χ0v) is 7.05. The van der Waals surface area contributed by atoms with Gasteiger partial charge in [0, 0.05) is 7.05 Å². The predicted octanol–water partition coefficient (Wildman–Crippen LogP) is 0.729. The number of nitrogens with zero attached hydrogens (tertiary/aromatic N) is 2. The van der Waals surface area contributed by atoms with Gasteiger partial charge in [0.15, 0.2) is 4.87 Å². The van der Waals surface area contributed by atoms with Crippen LogP contribution in [0.25, 0.3) is 0 Å². The van der Waals surface area contributed by atoms with Crippen LogP contribution < -0.4 is 0 Å². The summed E-state index contributed by atoms with van der Waals surface area (Å²) in [5.41, 5.74) is -0.568. The summed E-state index contributed by atoms with van der Waals surface area (Å²) in [7, 11) is 1.48. The third-order valence-corrected chi connectivity index (χ3v) is 1.96. The Hall–Kier alpha value is -0.710. The van der Waals surface area contributed by atoms with E-state index >= 15 is 0 Å². The van der Waals surface area contributed by atoms with Gasteiger partial charge in [-0.3, -0.25) is 5.01 Å². The Kier molecular flexibility index (Phi) is 2.32. The van der Waals surface area contributed by atoms with Gasteiger partial charge in [0.1, 0.15) is 12.0 Å². The van der Waals surface area contributed by atoms with Crippen molar-refractivity contribution in [2.24, 2.45) is 5.10 Å². The third kappa shape index (κ3) is 1.41. The molecule has 0 bridgehead atoms. The van der Waals surface area contributed by atoms with Crippen molar-refractivity contribution in [2.45, 2.75) is 11.3 Å². The quantitative estimate of drug-likeness (QED) is 0.482. The van der Waals surface area contributed by atoms with Crippen LogP contribution in [-0.4, -0.2) is 41.9 Å². The number of hydrogen-bond donors (Lipinski definition) is 0. The van der Waals surface area contributed by atoms with Crippen molar-refractivity contribution in [3.05, 3.63) is 0 Å². The van der Waals surface area contributed by atoms with E-state index in [-0.39, 0.29) is 6.54 Å². The molecule has 0 amide bonds. The summed E-state index contributed by atoms with van der Waals surface area (Å²) in [5.74, 6) is 0. The van der Waals surface area contributed by atoms with Crippen molar-refractivity contribution in [3.63, 3.8) is 0 Å². The van der Waals surface area contributed by atoms with E-state index in [0.29, 0.717) is 6.29 Å². The first-order chi connectivity index (χ1) is 5.49. The Morgan fingerprint density at radius 3 is 2.75 bits per heavy atom. The zero-order valence-electron chi connectivity index (χ0n) is 6.30. The molecule has 0 aromatic heterocycles. The largest absolute Gasteiger partial charge is 0.301 e. The van der Waals surface area contributed by atoms with E-state index < -0.39 is 17.0 Å². The van der Waals surface area contributed by atoms with Crippen molar-refractivity contribution in [1.82, 2.24) is 5.01 Å². The molecule has 0 aromatic carbocycles. The second-order valence-corrected chi connectivity index (χ2v) is 3.26. The molecule has 0 N–H and O–H groups in total. The lowest BCUT2D eigenvalue weighted by Crippen LogP contribution is -2.39. The highest BCUT2D eigenvalue weighted by Crippen LogP contribution is 2.26. The van der Waals surface area contributed by atoms with Crippen LogP contribution in [0, 0.1) is 0 Å². The Labute approximate surface area is 73.0 Å². The Bertz CT molecular complexity index is 234. The molecular formula is C6H7ClF2N2O. The molecule has 1 rings (SSSR count). The van der Waals surface area contributed by atoms with E-state index in [0.717, 1.165) is 0 Å².